The van der Waals surface area contributed by atoms with Crippen molar-refractivity contribution in [1.82, 2.24) is 0 Å². The number of esters is 1. The van der Waals surface area contributed by atoms with Crippen LogP contribution in [0.3, 0.4) is 0 Å². The first-order valence-electron chi connectivity index (χ1n) is 8.03. The molecule has 0 spiro atoms. The molecule has 27 heavy (non-hydrogen) atoms. The molecule has 0 saturated heterocycles. The molecule has 0 fully saturated rings. The second-order valence-corrected chi connectivity index (χ2v) is 6.66. The van der Waals surface area contributed by atoms with Gasteiger partial charge in [0, 0.05) is 6.42 Å². The molecule has 0 unspecified atom stereocenters. The Hall–Kier alpha value is -1.17. The van der Waals surface area contributed by atoms with Gasteiger partial charge in [-0.3, -0.25) is 14.2 Å². The van der Waals surface area contributed by atoms with Crippen molar-refractivity contribution in [3.63, 3.8) is 0 Å². The SMILES string of the molecule is CCCCCCCCC(=O)Oc1ccccc1S(=O)(=O)O.O=C(O)OO.[NaH]. The van der Waals surface area contributed by atoms with Crippen molar-refractivity contribution >= 4 is 51.8 Å². The number of hydrogen-bond donors (Lipinski definition) is 3. The Morgan fingerprint density at radius 2 is 1.56 bits per heavy atom. The molecule has 0 aliphatic heterocycles. The predicted octanol–water partition coefficient (Wildman–Crippen LogP) is 3.09. The molecule has 0 saturated carbocycles. The maximum atomic E-state index is 11.7. The molecule has 9 nitrogen and oxygen atoms in total. The average molecular weight is 416 g/mol. The van der Waals surface area contributed by atoms with Gasteiger partial charge in [0.2, 0.25) is 0 Å². The number of para-hydroxylation sites is 1. The minimum absolute atomic E-state index is 0. The fourth-order valence-corrected chi connectivity index (χ4v) is 2.59. The van der Waals surface area contributed by atoms with Crippen molar-refractivity contribution in [2.24, 2.45) is 0 Å². The number of hydrogen-bond acceptors (Lipinski definition) is 7. The first kappa shape index (κ1) is 28.0. The van der Waals surface area contributed by atoms with Crippen LogP contribution in [0.25, 0.3) is 0 Å². The summed E-state index contributed by atoms with van der Waals surface area (Å²) in [5.41, 5.74) is 0. The van der Waals surface area contributed by atoms with Gasteiger partial charge in [0.1, 0.15) is 4.90 Å². The topological polar surface area (TPSA) is 147 Å². The van der Waals surface area contributed by atoms with E-state index < -0.39 is 22.2 Å². The van der Waals surface area contributed by atoms with Gasteiger partial charge in [-0.2, -0.15) is 13.7 Å². The van der Waals surface area contributed by atoms with Gasteiger partial charge in [-0.05, 0) is 18.6 Å². The molecule has 0 atom stereocenters. The van der Waals surface area contributed by atoms with Gasteiger partial charge in [-0.1, -0.05) is 51.2 Å². The zero-order valence-electron chi connectivity index (χ0n) is 14.5. The van der Waals surface area contributed by atoms with E-state index in [0.29, 0.717) is 0 Å². The van der Waals surface area contributed by atoms with Crippen LogP contribution in [0.5, 0.6) is 5.75 Å². The first-order valence-corrected chi connectivity index (χ1v) is 9.47. The molecule has 0 aliphatic rings. The van der Waals surface area contributed by atoms with Crippen molar-refractivity contribution in [2.45, 2.75) is 56.8 Å². The van der Waals surface area contributed by atoms with Crippen LogP contribution >= 0.6 is 0 Å². The van der Waals surface area contributed by atoms with Gasteiger partial charge < -0.3 is 9.84 Å². The van der Waals surface area contributed by atoms with Crippen LogP contribution in [0.2, 0.25) is 0 Å². The molecule has 1 rings (SSSR count). The Kier molecular flexibility index (Phi) is 16.5. The summed E-state index contributed by atoms with van der Waals surface area (Å²) in [6.45, 7) is 2.14. The summed E-state index contributed by atoms with van der Waals surface area (Å²) in [4.78, 5) is 22.9. The molecule has 0 aliphatic carbocycles. The Balaban J connectivity index is 0. The van der Waals surface area contributed by atoms with Crippen LogP contribution in [0.1, 0.15) is 51.9 Å². The summed E-state index contributed by atoms with van der Waals surface area (Å²) < 4.78 is 36.4. The van der Waals surface area contributed by atoms with Crippen LogP contribution in [-0.2, 0) is 19.8 Å². The van der Waals surface area contributed by atoms with Crippen molar-refractivity contribution in [1.29, 1.82) is 0 Å². The Labute approximate surface area is 180 Å². The molecule has 1 aromatic rings. The zero-order valence-corrected chi connectivity index (χ0v) is 15.3. The number of carboxylic acid groups (broad SMARTS) is 1. The van der Waals surface area contributed by atoms with Gasteiger partial charge in [0.15, 0.2) is 5.75 Å². The molecule has 0 amide bonds. The summed E-state index contributed by atoms with van der Waals surface area (Å²) in [5, 5.41) is 14.3. The molecule has 0 radical (unpaired) electrons. The van der Waals surface area contributed by atoms with Crippen LogP contribution in [-0.4, -0.2) is 65.0 Å². The standard InChI is InChI=1S/C15H22O5S.CH2O4.Na.H/c1-2-3-4-5-6-7-12-15(16)20-13-10-8-9-11-14(13)21(17,18)19;2-1(3)5-4;;/h8-11H,2-7,12H2,1H3,(H,17,18,19);4H,(H,2,3);;. The number of ether oxygens (including phenoxy) is 1. The van der Waals surface area contributed by atoms with Crippen molar-refractivity contribution in [3.8, 4) is 5.75 Å². The third kappa shape index (κ3) is 14.5. The summed E-state index contributed by atoms with van der Waals surface area (Å²) in [6, 6.07) is 5.54. The van der Waals surface area contributed by atoms with E-state index >= 15 is 0 Å². The molecule has 11 heteroatoms. The Bertz CT molecular complexity index is 662. The summed E-state index contributed by atoms with van der Waals surface area (Å²) in [5.74, 6) is -0.613. The van der Waals surface area contributed by atoms with E-state index in [1.165, 1.54) is 31.0 Å². The van der Waals surface area contributed by atoms with Gasteiger partial charge in [0.05, 0.1) is 0 Å². The second kappa shape index (κ2) is 15.8. The molecule has 3 N–H and O–H groups in total. The fraction of sp³-hybridized carbons (Fsp3) is 0.500. The monoisotopic (exact) mass is 416 g/mol. The summed E-state index contributed by atoms with van der Waals surface area (Å²) >= 11 is 0. The molecule has 0 heterocycles. The molecule has 1 aromatic carbocycles. The van der Waals surface area contributed by atoms with E-state index in [1.54, 1.807) is 6.07 Å². The average Bonchev–Trinajstić information content (AvgIpc) is 2.58. The predicted molar refractivity (Wildman–Crippen MR) is 98.8 cm³/mol. The van der Waals surface area contributed by atoms with Gasteiger partial charge >= 0.3 is 41.7 Å². The Morgan fingerprint density at radius 1 is 1.04 bits per heavy atom. The molecule has 150 valence electrons. The minimum atomic E-state index is -4.39. The van der Waals surface area contributed by atoms with Gasteiger partial charge in [0.25, 0.3) is 10.1 Å². The van der Waals surface area contributed by atoms with Crippen LogP contribution < -0.4 is 4.74 Å². The van der Waals surface area contributed by atoms with E-state index in [9.17, 15) is 13.2 Å². The van der Waals surface area contributed by atoms with Crippen LogP contribution in [0, 0.1) is 0 Å². The quantitative estimate of drug-likeness (QED) is 0.105. The third-order valence-corrected chi connectivity index (χ3v) is 4.06. The van der Waals surface area contributed by atoms with Crippen molar-refractivity contribution in [3.05, 3.63) is 24.3 Å². The zero-order chi connectivity index (χ0) is 20.0. The number of rotatable bonds is 9. The van der Waals surface area contributed by atoms with E-state index in [1.807, 2.05) is 0 Å². The van der Waals surface area contributed by atoms with E-state index in [2.05, 4.69) is 11.8 Å². The summed E-state index contributed by atoms with van der Waals surface area (Å²) in [6.07, 6.45) is 4.85. The second-order valence-electron chi connectivity index (χ2n) is 5.27. The van der Waals surface area contributed by atoms with Crippen molar-refractivity contribution in [2.75, 3.05) is 0 Å². The number of carbonyl (C=O) groups is 2. The fourth-order valence-electron chi connectivity index (χ4n) is 1.97. The maximum absolute atomic E-state index is 11.7. The number of unbranched alkanes of at least 4 members (excludes halogenated alkanes) is 5. The normalized spacial score (nSPS) is 10.0. The summed E-state index contributed by atoms with van der Waals surface area (Å²) in [7, 11) is -4.39. The van der Waals surface area contributed by atoms with Gasteiger partial charge in [-0.15, -0.1) is 0 Å². The van der Waals surface area contributed by atoms with E-state index in [-0.39, 0.29) is 46.6 Å². The van der Waals surface area contributed by atoms with Crippen molar-refractivity contribution < 1.29 is 42.5 Å². The third-order valence-electron chi connectivity index (χ3n) is 3.16. The van der Waals surface area contributed by atoms with E-state index in [4.69, 9.17) is 24.4 Å². The van der Waals surface area contributed by atoms with Crippen LogP contribution in [0.4, 0.5) is 4.79 Å². The first-order chi connectivity index (χ1) is 12.2. The number of benzene rings is 1. The molecule has 0 aromatic heterocycles. The molecular weight excluding hydrogens is 391 g/mol. The number of carbonyl (C=O) groups excluding carboxylic acids is 1. The van der Waals surface area contributed by atoms with Gasteiger partial charge in [-0.25, -0.2) is 4.79 Å². The molecular formula is C16H25NaO9S. The van der Waals surface area contributed by atoms with E-state index in [0.717, 1.165) is 25.7 Å². The van der Waals surface area contributed by atoms with Crippen LogP contribution in [0.15, 0.2) is 29.2 Å². The molecule has 0 bridgehead atoms. The Morgan fingerprint density at radius 3 is 2.07 bits per heavy atom.